The Labute approximate surface area is 66.4 Å². The van der Waals surface area contributed by atoms with Gasteiger partial charge in [-0.3, -0.25) is 0 Å². The zero-order valence-corrected chi connectivity index (χ0v) is 6.99. The van der Waals surface area contributed by atoms with Crippen LogP contribution in [0, 0.1) is 0 Å². The van der Waals surface area contributed by atoms with Gasteiger partial charge in [0.1, 0.15) is 6.61 Å². The Morgan fingerprint density at radius 3 is 2.50 bits per heavy atom. The molecular weight excluding hydrogens is 150 g/mol. The summed E-state index contributed by atoms with van der Waals surface area (Å²) >= 11 is 3.86. The number of carbonyl (C=O) groups is 1. The number of rotatable bonds is 3. The molecule has 3 N–H and O–H groups in total. The number of ether oxygens (including phenoxy) is 1. The molecule has 0 aliphatic rings. The molecule has 0 aromatic rings. The van der Waals surface area contributed by atoms with Gasteiger partial charge in [0.15, 0.2) is 0 Å². The van der Waals surface area contributed by atoms with Crippen LogP contribution in [0.2, 0.25) is 0 Å². The van der Waals surface area contributed by atoms with Crippen molar-refractivity contribution in [1.82, 2.24) is 6.15 Å². The Hall–Kier alpha value is -0.480. The molecule has 0 aliphatic heterocycles. The molecule has 60 valence electrons. The van der Waals surface area contributed by atoms with Crippen LogP contribution in [0.15, 0.2) is 12.2 Å². The molecule has 3 nitrogen and oxygen atoms in total. The summed E-state index contributed by atoms with van der Waals surface area (Å²) in [7, 11) is 0. The molecule has 0 radical (unpaired) electrons. The second-order valence-electron chi connectivity index (χ2n) is 1.64. The Kier molecular flexibility index (Phi) is 8.11. The molecule has 0 unspecified atom stereocenters. The predicted molar refractivity (Wildman–Crippen MR) is 44.6 cm³/mol. The second kappa shape index (κ2) is 6.64. The minimum atomic E-state index is -0.343. The van der Waals surface area contributed by atoms with E-state index in [2.05, 4.69) is 23.9 Å². The van der Waals surface area contributed by atoms with Crippen LogP contribution in [0.25, 0.3) is 0 Å². The number of hydrogen-bond donors (Lipinski definition) is 2. The molecule has 0 saturated heterocycles. The Balaban J connectivity index is 0. The molecule has 0 heterocycles. The van der Waals surface area contributed by atoms with Gasteiger partial charge in [0, 0.05) is 11.3 Å². The fraction of sp³-hybridized carbons (Fsp3) is 0.500. The van der Waals surface area contributed by atoms with Crippen molar-refractivity contribution in [1.29, 1.82) is 0 Å². The molecule has 0 bridgehead atoms. The Morgan fingerprint density at radius 2 is 2.20 bits per heavy atom. The molecule has 4 heteroatoms. The predicted octanol–water partition coefficient (Wildman–Crippen LogP) is 1.20. The van der Waals surface area contributed by atoms with Gasteiger partial charge in [-0.15, -0.1) is 0 Å². The third kappa shape index (κ3) is 5.65. The van der Waals surface area contributed by atoms with Crippen molar-refractivity contribution in [3.8, 4) is 0 Å². The van der Waals surface area contributed by atoms with E-state index in [-0.39, 0.29) is 12.1 Å². The maximum Gasteiger partial charge on any atom is 0.333 e. The highest BCUT2D eigenvalue weighted by Crippen LogP contribution is 1.91. The summed E-state index contributed by atoms with van der Waals surface area (Å²) in [5.41, 5.74) is 0.428. The lowest BCUT2D eigenvalue weighted by molar-refractivity contribution is -0.138. The second-order valence-corrected chi connectivity index (χ2v) is 2.09. The lowest BCUT2D eigenvalue weighted by Gasteiger charge is -1.99. The van der Waals surface area contributed by atoms with E-state index in [9.17, 15) is 4.79 Å². The minimum Gasteiger partial charge on any atom is -0.461 e. The molecular formula is C6H13NO2S. The van der Waals surface area contributed by atoms with Crippen LogP contribution in [0.1, 0.15) is 6.92 Å². The van der Waals surface area contributed by atoms with Gasteiger partial charge in [-0.2, -0.15) is 12.6 Å². The van der Waals surface area contributed by atoms with Crippen molar-refractivity contribution in [2.24, 2.45) is 0 Å². The van der Waals surface area contributed by atoms with E-state index in [4.69, 9.17) is 0 Å². The first kappa shape index (κ1) is 12.2. The smallest absolute Gasteiger partial charge is 0.333 e. The molecule has 0 atom stereocenters. The SMILES string of the molecule is C=C(C)C(=O)OCCS.N. The zero-order chi connectivity index (χ0) is 7.28. The van der Waals surface area contributed by atoms with Crippen LogP contribution in [-0.2, 0) is 9.53 Å². The summed E-state index contributed by atoms with van der Waals surface area (Å²) in [5.74, 6) is 0.211. The van der Waals surface area contributed by atoms with Crippen LogP contribution in [0.4, 0.5) is 0 Å². The molecule has 10 heavy (non-hydrogen) atoms. The van der Waals surface area contributed by atoms with E-state index in [1.807, 2.05) is 0 Å². The van der Waals surface area contributed by atoms with E-state index < -0.39 is 0 Å². The van der Waals surface area contributed by atoms with E-state index in [0.29, 0.717) is 17.9 Å². The standard InChI is InChI=1S/C6H10O2S.H3N/c1-5(2)6(7)8-3-4-9;/h9H,1,3-4H2,2H3;1H3. The van der Waals surface area contributed by atoms with Crippen LogP contribution < -0.4 is 6.15 Å². The maximum atomic E-state index is 10.5. The average molecular weight is 163 g/mol. The van der Waals surface area contributed by atoms with Gasteiger partial charge < -0.3 is 10.9 Å². The van der Waals surface area contributed by atoms with Gasteiger partial charge in [-0.25, -0.2) is 4.79 Å². The van der Waals surface area contributed by atoms with Crippen LogP contribution in [-0.4, -0.2) is 18.3 Å². The third-order valence-electron chi connectivity index (χ3n) is 0.673. The quantitative estimate of drug-likeness (QED) is 0.373. The summed E-state index contributed by atoms with van der Waals surface area (Å²) in [6, 6.07) is 0. The van der Waals surface area contributed by atoms with Gasteiger partial charge >= 0.3 is 5.97 Å². The minimum absolute atomic E-state index is 0. The van der Waals surface area contributed by atoms with Crippen molar-refractivity contribution in [3.05, 3.63) is 12.2 Å². The average Bonchev–Trinajstić information content (AvgIpc) is 1.82. The summed E-state index contributed by atoms with van der Waals surface area (Å²) in [4.78, 5) is 10.5. The third-order valence-corrected chi connectivity index (χ3v) is 0.855. The molecule has 0 spiro atoms. The van der Waals surface area contributed by atoms with E-state index >= 15 is 0 Å². The van der Waals surface area contributed by atoms with Gasteiger partial charge in [0.25, 0.3) is 0 Å². The van der Waals surface area contributed by atoms with Gasteiger partial charge in [-0.1, -0.05) is 6.58 Å². The largest absolute Gasteiger partial charge is 0.461 e. The summed E-state index contributed by atoms with van der Waals surface area (Å²) < 4.78 is 4.64. The molecule has 0 fully saturated rings. The van der Waals surface area contributed by atoms with Crippen molar-refractivity contribution in [3.63, 3.8) is 0 Å². The molecule has 0 aromatic heterocycles. The number of esters is 1. The first-order valence-corrected chi connectivity index (χ1v) is 3.25. The van der Waals surface area contributed by atoms with Crippen molar-refractivity contribution < 1.29 is 9.53 Å². The van der Waals surface area contributed by atoms with Gasteiger partial charge in [0.2, 0.25) is 0 Å². The summed E-state index contributed by atoms with van der Waals surface area (Å²) in [5, 5.41) is 0. The maximum absolute atomic E-state index is 10.5. The number of hydrogen-bond acceptors (Lipinski definition) is 4. The van der Waals surface area contributed by atoms with E-state index in [1.165, 1.54) is 0 Å². The zero-order valence-electron chi connectivity index (χ0n) is 6.09. The molecule has 0 rings (SSSR count). The van der Waals surface area contributed by atoms with Crippen LogP contribution in [0.5, 0.6) is 0 Å². The molecule has 0 aromatic carbocycles. The highest BCUT2D eigenvalue weighted by molar-refractivity contribution is 7.80. The first-order valence-electron chi connectivity index (χ1n) is 2.62. The van der Waals surface area contributed by atoms with E-state index in [0.717, 1.165) is 0 Å². The fourth-order valence-electron chi connectivity index (χ4n) is 0.262. The Morgan fingerprint density at radius 1 is 1.70 bits per heavy atom. The Bertz CT molecular complexity index is 125. The topological polar surface area (TPSA) is 61.3 Å². The van der Waals surface area contributed by atoms with Crippen LogP contribution in [0.3, 0.4) is 0 Å². The lowest BCUT2D eigenvalue weighted by Crippen LogP contribution is -2.06. The first-order chi connectivity index (χ1) is 4.18. The van der Waals surface area contributed by atoms with Gasteiger partial charge in [-0.05, 0) is 6.92 Å². The molecule has 0 aliphatic carbocycles. The highest BCUT2D eigenvalue weighted by Gasteiger charge is 1.99. The highest BCUT2D eigenvalue weighted by atomic mass is 32.1. The number of thiol groups is 1. The molecule has 0 saturated carbocycles. The molecule has 0 amide bonds. The van der Waals surface area contributed by atoms with E-state index in [1.54, 1.807) is 6.92 Å². The fourth-order valence-corrected chi connectivity index (χ4v) is 0.353. The number of carbonyl (C=O) groups excluding carboxylic acids is 1. The van der Waals surface area contributed by atoms with Crippen molar-refractivity contribution in [2.75, 3.05) is 12.4 Å². The summed E-state index contributed by atoms with van der Waals surface area (Å²) in [6.07, 6.45) is 0. The van der Waals surface area contributed by atoms with Crippen molar-refractivity contribution in [2.45, 2.75) is 6.92 Å². The summed E-state index contributed by atoms with van der Waals surface area (Å²) in [6.45, 7) is 5.38. The van der Waals surface area contributed by atoms with Crippen molar-refractivity contribution >= 4 is 18.6 Å². The normalized spacial score (nSPS) is 7.80. The van der Waals surface area contributed by atoms with Crippen LogP contribution >= 0.6 is 12.6 Å². The lowest BCUT2D eigenvalue weighted by atomic mass is 10.4. The monoisotopic (exact) mass is 163 g/mol. The van der Waals surface area contributed by atoms with Gasteiger partial charge in [0.05, 0.1) is 0 Å².